The van der Waals surface area contributed by atoms with Crippen LogP contribution in [-0.4, -0.2) is 29.7 Å². The van der Waals surface area contributed by atoms with Gasteiger partial charge in [-0.15, -0.1) is 0 Å². The maximum atomic E-state index is 5.98. The van der Waals surface area contributed by atoms with E-state index in [2.05, 4.69) is 21.8 Å². The van der Waals surface area contributed by atoms with Crippen molar-refractivity contribution in [1.29, 1.82) is 0 Å². The Morgan fingerprint density at radius 2 is 2.09 bits per heavy atom. The molecule has 3 rings (SSSR count). The van der Waals surface area contributed by atoms with E-state index < -0.39 is 0 Å². The zero-order valence-corrected chi connectivity index (χ0v) is 14.1. The van der Waals surface area contributed by atoms with Crippen LogP contribution in [0.5, 0.6) is 11.5 Å². The minimum absolute atomic E-state index is 0.246. The van der Waals surface area contributed by atoms with Crippen molar-refractivity contribution in [2.45, 2.75) is 32.4 Å². The molecule has 0 bridgehead atoms. The molecule has 0 radical (unpaired) electrons. The molecule has 1 aromatic heterocycles. The molecule has 2 heterocycles. The Morgan fingerprint density at radius 3 is 2.74 bits per heavy atom. The molecule has 1 aliphatic rings. The molecule has 0 N–H and O–H groups in total. The fourth-order valence-corrected chi connectivity index (χ4v) is 2.91. The first-order chi connectivity index (χ1) is 11.2. The lowest BCUT2D eigenvalue weighted by Gasteiger charge is -2.24. The number of aromatic nitrogens is 2. The largest absolute Gasteiger partial charge is 0.497 e. The van der Waals surface area contributed by atoms with Gasteiger partial charge in [0.15, 0.2) is 11.6 Å². The molecule has 1 atom stereocenters. The van der Waals surface area contributed by atoms with Crippen LogP contribution in [0.2, 0.25) is 5.28 Å². The molecule has 23 heavy (non-hydrogen) atoms. The Bertz CT molecular complexity index is 663. The number of nitrogens with zero attached hydrogens (tertiary/aromatic N) is 3. The number of benzene rings is 1. The lowest BCUT2D eigenvalue weighted by molar-refractivity contribution is 0.303. The standard InChI is InChI=1S/C17H20ClN3O2/c1-12-4-3-9-21(12)16-15(10-19-17(18)20-16)23-11-13-5-7-14(22-2)8-6-13/h5-8,10,12H,3-4,9,11H2,1-2H3. The first kappa shape index (κ1) is 15.9. The minimum Gasteiger partial charge on any atom is -0.497 e. The van der Waals surface area contributed by atoms with Crippen LogP contribution in [0, 0.1) is 0 Å². The third kappa shape index (κ3) is 3.67. The summed E-state index contributed by atoms with van der Waals surface area (Å²) in [4.78, 5) is 10.7. The number of methoxy groups -OCH3 is 1. The number of ether oxygens (including phenoxy) is 2. The highest BCUT2D eigenvalue weighted by molar-refractivity contribution is 6.28. The van der Waals surface area contributed by atoms with E-state index in [0.29, 0.717) is 18.4 Å². The van der Waals surface area contributed by atoms with Gasteiger partial charge in [0.05, 0.1) is 13.3 Å². The number of hydrogen-bond donors (Lipinski definition) is 0. The molecular formula is C17H20ClN3O2. The maximum Gasteiger partial charge on any atom is 0.224 e. The van der Waals surface area contributed by atoms with E-state index in [1.165, 1.54) is 0 Å². The number of hydrogen-bond acceptors (Lipinski definition) is 5. The van der Waals surface area contributed by atoms with Crippen molar-refractivity contribution in [2.24, 2.45) is 0 Å². The van der Waals surface area contributed by atoms with Crippen LogP contribution in [0.25, 0.3) is 0 Å². The summed E-state index contributed by atoms with van der Waals surface area (Å²) in [6, 6.07) is 8.23. The first-order valence-corrected chi connectivity index (χ1v) is 8.10. The minimum atomic E-state index is 0.246. The van der Waals surface area contributed by atoms with E-state index in [9.17, 15) is 0 Å². The average molecular weight is 334 g/mol. The smallest absolute Gasteiger partial charge is 0.224 e. The third-order valence-electron chi connectivity index (χ3n) is 4.09. The molecule has 1 aromatic carbocycles. The van der Waals surface area contributed by atoms with Gasteiger partial charge < -0.3 is 14.4 Å². The van der Waals surface area contributed by atoms with Crippen molar-refractivity contribution in [1.82, 2.24) is 9.97 Å². The molecule has 0 spiro atoms. The second kappa shape index (κ2) is 7.04. The highest BCUT2D eigenvalue weighted by atomic mass is 35.5. The summed E-state index contributed by atoms with van der Waals surface area (Å²) in [6.45, 7) is 3.61. The molecule has 6 heteroatoms. The topological polar surface area (TPSA) is 47.5 Å². The van der Waals surface area contributed by atoms with Crippen LogP contribution in [0.4, 0.5) is 5.82 Å². The molecule has 1 fully saturated rings. The number of rotatable bonds is 5. The molecule has 0 saturated carbocycles. The molecule has 2 aromatic rings. The predicted molar refractivity (Wildman–Crippen MR) is 90.4 cm³/mol. The van der Waals surface area contributed by atoms with Gasteiger partial charge in [-0.1, -0.05) is 12.1 Å². The second-order valence-corrected chi connectivity index (χ2v) is 5.99. The van der Waals surface area contributed by atoms with Crippen LogP contribution >= 0.6 is 11.6 Å². The van der Waals surface area contributed by atoms with Gasteiger partial charge in [-0.25, -0.2) is 4.98 Å². The second-order valence-electron chi connectivity index (χ2n) is 5.65. The fraction of sp³-hybridized carbons (Fsp3) is 0.412. The fourth-order valence-electron chi connectivity index (χ4n) is 2.78. The Hall–Kier alpha value is -2.01. The third-order valence-corrected chi connectivity index (χ3v) is 4.27. The summed E-state index contributed by atoms with van der Waals surface area (Å²) in [5, 5.41) is 0.246. The number of halogens is 1. The summed E-state index contributed by atoms with van der Waals surface area (Å²) in [7, 11) is 1.65. The maximum absolute atomic E-state index is 5.98. The molecule has 1 aliphatic heterocycles. The van der Waals surface area contributed by atoms with E-state index in [0.717, 1.165) is 36.5 Å². The van der Waals surface area contributed by atoms with Crippen molar-refractivity contribution in [3.63, 3.8) is 0 Å². The lowest BCUT2D eigenvalue weighted by atomic mass is 10.2. The molecule has 122 valence electrons. The van der Waals surface area contributed by atoms with Crippen LogP contribution in [0.15, 0.2) is 30.5 Å². The lowest BCUT2D eigenvalue weighted by Crippen LogP contribution is -2.28. The van der Waals surface area contributed by atoms with E-state index >= 15 is 0 Å². The highest BCUT2D eigenvalue weighted by Crippen LogP contribution is 2.32. The van der Waals surface area contributed by atoms with Crippen molar-refractivity contribution in [3.05, 3.63) is 41.3 Å². The van der Waals surface area contributed by atoms with E-state index in [-0.39, 0.29) is 5.28 Å². The van der Waals surface area contributed by atoms with Crippen LogP contribution in [-0.2, 0) is 6.61 Å². The quantitative estimate of drug-likeness (QED) is 0.781. The zero-order chi connectivity index (χ0) is 16.2. The van der Waals surface area contributed by atoms with Gasteiger partial charge in [0.2, 0.25) is 5.28 Å². The van der Waals surface area contributed by atoms with Gasteiger partial charge in [0.25, 0.3) is 0 Å². The van der Waals surface area contributed by atoms with Crippen LogP contribution in [0.3, 0.4) is 0 Å². The van der Waals surface area contributed by atoms with E-state index in [4.69, 9.17) is 21.1 Å². The Labute approximate surface area is 141 Å². The Morgan fingerprint density at radius 1 is 1.30 bits per heavy atom. The molecular weight excluding hydrogens is 314 g/mol. The number of anilines is 1. The Kier molecular flexibility index (Phi) is 4.86. The molecule has 0 amide bonds. The van der Waals surface area contributed by atoms with Gasteiger partial charge in [0.1, 0.15) is 12.4 Å². The predicted octanol–water partition coefficient (Wildman–Crippen LogP) is 3.71. The van der Waals surface area contributed by atoms with E-state index in [1.807, 2.05) is 24.3 Å². The zero-order valence-electron chi connectivity index (χ0n) is 13.3. The van der Waals surface area contributed by atoms with Gasteiger partial charge >= 0.3 is 0 Å². The first-order valence-electron chi connectivity index (χ1n) is 7.72. The summed E-state index contributed by atoms with van der Waals surface area (Å²) >= 11 is 5.98. The summed E-state index contributed by atoms with van der Waals surface area (Å²) in [6.07, 6.45) is 3.96. The van der Waals surface area contributed by atoms with Crippen LogP contribution in [0.1, 0.15) is 25.3 Å². The molecule has 5 nitrogen and oxygen atoms in total. The highest BCUT2D eigenvalue weighted by Gasteiger charge is 2.25. The van der Waals surface area contributed by atoms with Crippen molar-refractivity contribution in [2.75, 3.05) is 18.6 Å². The average Bonchev–Trinajstić information content (AvgIpc) is 3.00. The van der Waals surface area contributed by atoms with Crippen molar-refractivity contribution in [3.8, 4) is 11.5 Å². The summed E-state index contributed by atoms with van der Waals surface area (Å²) < 4.78 is 11.1. The van der Waals surface area contributed by atoms with Gasteiger partial charge in [-0.05, 0) is 49.1 Å². The normalized spacial score (nSPS) is 17.3. The molecule has 1 unspecified atom stereocenters. The van der Waals surface area contributed by atoms with Crippen molar-refractivity contribution < 1.29 is 9.47 Å². The van der Waals surface area contributed by atoms with Crippen molar-refractivity contribution >= 4 is 17.4 Å². The van der Waals surface area contributed by atoms with Gasteiger partial charge in [-0.2, -0.15) is 4.98 Å². The SMILES string of the molecule is COc1ccc(COc2cnc(Cl)nc2N2CCCC2C)cc1. The van der Waals surface area contributed by atoms with E-state index in [1.54, 1.807) is 13.3 Å². The monoisotopic (exact) mass is 333 g/mol. The Balaban J connectivity index is 1.76. The molecule has 0 aliphatic carbocycles. The summed E-state index contributed by atoms with van der Waals surface area (Å²) in [5.41, 5.74) is 1.06. The van der Waals surface area contributed by atoms with Gasteiger partial charge in [-0.3, -0.25) is 0 Å². The van der Waals surface area contributed by atoms with Crippen LogP contribution < -0.4 is 14.4 Å². The van der Waals surface area contributed by atoms with Gasteiger partial charge in [0, 0.05) is 12.6 Å². The summed E-state index contributed by atoms with van der Waals surface area (Å²) in [5.74, 6) is 2.28. The molecule has 1 saturated heterocycles.